The van der Waals surface area contributed by atoms with E-state index in [4.69, 9.17) is 4.74 Å². The van der Waals surface area contributed by atoms with Crippen molar-refractivity contribution in [3.05, 3.63) is 59.7 Å². The van der Waals surface area contributed by atoms with Crippen LogP contribution < -0.4 is 9.64 Å². The largest absolute Gasteiger partial charge is 0.482 e. The third kappa shape index (κ3) is 3.73. The standard InChI is InChI=1S/C22H25N3O3/c1-2-23-10-12-24(13-11-23)22(27)18-7-5-6-17(14-18)15-25-19-8-3-4-9-20(19)28-16-21(25)26/h3-9,14H,2,10-13,15-16H2,1H3. The van der Waals surface area contributed by atoms with Crippen molar-refractivity contribution in [2.75, 3.05) is 44.2 Å². The Labute approximate surface area is 165 Å². The summed E-state index contributed by atoms with van der Waals surface area (Å²) < 4.78 is 5.51. The number of para-hydroxylation sites is 2. The van der Waals surface area contributed by atoms with Crippen molar-refractivity contribution < 1.29 is 14.3 Å². The van der Waals surface area contributed by atoms with Crippen LogP contribution in [0.5, 0.6) is 5.75 Å². The molecule has 2 amide bonds. The highest BCUT2D eigenvalue weighted by molar-refractivity contribution is 5.98. The van der Waals surface area contributed by atoms with Gasteiger partial charge in [-0.05, 0) is 36.4 Å². The van der Waals surface area contributed by atoms with Gasteiger partial charge in [-0.3, -0.25) is 9.59 Å². The average Bonchev–Trinajstić information content (AvgIpc) is 2.75. The molecular weight excluding hydrogens is 354 g/mol. The van der Waals surface area contributed by atoms with Gasteiger partial charge in [0.15, 0.2) is 6.61 Å². The number of amides is 2. The lowest BCUT2D eigenvalue weighted by atomic mass is 10.1. The maximum absolute atomic E-state index is 12.9. The Bertz CT molecular complexity index is 875. The molecule has 4 rings (SSSR count). The Hall–Kier alpha value is -2.86. The molecule has 6 nitrogen and oxygen atoms in total. The highest BCUT2D eigenvalue weighted by Gasteiger charge is 2.26. The lowest BCUT2D eigenvalue weighted by Gasteiger charge is -2.34. The molecule has 0 aromatic heterocycles. The van der Waals surface area contributed by atoms with Gasteiger partial charge in [0.05, 0.1) is 12.2 Å². The highest BCUT2D eigenvalue weighted by Crippen LogP contribution is 2.32. The third-order valence-corrected chi connectivity index (χ3v) is 5.43. The second-order valence-electron chi connectivity index (χ2n) is 7.16. The molecule has 0 bridgehead atoms. The number of benzene rings is 2. The van der Waals surface area contributed by atoms with E-state index in [0.717, 1.165) is 44.0 Å². The van der Waals surface area contributed by atoms with Crippen LogP contribution in [-0.2, 0) is 11.3 Å². The monoisotopic (exact) mass is 379 g/mol. The molecule has 0 aliphatic carbocycles. The Morgan fingerprint density at radius 2 is 1.82 bits per heavy atom. The zero-order valence-corrected chi connectivity index (χ0v) is 16.1. The summed E-state index contributed by atoms with van der Waals surface area (Å²) in [4.78, 5) is 31.3. The number of rotatable bonds is 4. The molecule has 28 heavy (non-hydrogen) atoms. The van der Waals surface area contributed by atoms with Crippen molar-refractivity contribution in [2.24, 2.45) is 0 Å². The van der Waals surface area contributed by atoms with Crippen LogP contribution in [0, 0.1) is 0 Å². The average molecular weight is 379 g/mol. The number of carbonyl (C=O) groups is 2. The van der Waals surface area contributed by atoms with Gasteiger partial charge in [-0.1, -0.05) is 31.2 Å². The Morgan fingerprint density at radius 1 is 1.04 bits per heavy atom. The van der Waals surface area contributed by atoms with Gasteiger partial charge in [0.1, 0.15) is 5.75 Å². The van der Waals surface area contributed by atoms with Gasteiger partial charge in [-0.15, -0.1) is 0 Å². The topological polar surface area (TPSA) is 53.1 Å². The van der Waals surface area contributed by atoms with E-state index in [1.807, 2.05) is 53.4 Å². The van der Waals surface area contributed by atoms with E-state index >= 15 is 0 Å². The second kappa shape index (κ2) is 8.02. The fourth-order valence-corrected chi connectivity index (χ4v) is 3.76. The van der Waals surface area contributed by atoms with Crippen molar-refractivity contribution in [1.29, 1.82) is 0 Å². The van der Waals surface area contributed by atoms with Gasteiger partial charge >= 0.3 is 0 Å². The number of hydrogen-bond acceptors (Lipinski definition) is 4. The number of nitrogens with zero attached hydrogens (tertiary/aromatic N) is 3. The van der Waals surface area contributed by atoms with Crippen molar-refractivity contribution in [1.82, 2.24) is 9.80 Å². The normalized spacial score (nSPS) is 17.2. The van der Waals surface area contributed by atoms with Gasteiger partial charge in [-0.2, -0.15) is 0 Å². The van der Waals surface area contributed by atoms with Crippen LogP contribution in [0.4, 0.5) is 5.69 Å². The van der Waals surface area contributed by atoms with Crippen LogP contribution in [0.1, 0.15) is 22.8 Å². The van der Waals surface area contributed by atoms with Crippen LogP contribution in [0.25, 0.3) is 0 Å². The maximum Gasteiger partial charge on any atom is 0.265 e. The van der Waals surface area contributed by atoms with E-state index in [1.165, 1.54) is 0 Å². The zero-order valence-electron chi connectivity index (χ0n) is 16.1. The lowest BCUT2D eigenvalue weighted by Crippen LogP contribution is -2.48. The number of ether oxygens (including phenoxy) is 1. The molecule has 2 aliphatic heterocycles. The van der Waals surface area contributed by atoms with Crippen molar-refractivity contribution >= 4 is 17.5 Å². The predicted molar refractivity (Wildman–Crippen MR) is 108 cm³/mol. The molecule has 0 saturated carbocycles. The SMILES string of the molecule is CCN1CCN(C(=O)c2cccc(CN3C(=O)COc4ccccc43)c2)CC1. The van der Waals surface area contributed by atoms with Gasteiger partial charge in [0.2, 0.25) is 0 Å². The van der Waals surface area contributed by atoms with E-state index in [-0.39, 0.29) is 18.4 Å². The fourth-order valence-electron chi connectivity index (χ4n) is 3.76. The first kappa shape index (κ1) is 18.5. The molecule has 0 N–H and O–H groups in total. The van der Waals surface area contributed by atoms with Gasteiger partial charge < -0.3 is 19.4 Å². The molecule has 0 spiro atoms. The molecule has 1 saturated heterocycles. The molecule has 146 valence electrons. The summed E-state index contributed by atoms with van der Waals surface area (Å²) in [5, 5.41) is 0. The number of fused-ring (bicyclic) bond motifs is 1. The zero-order chi connectivity index (χ0) is 19.5. The summed E-state index contributed by atoms with van der Waals surface area (Å²) in [6, 6.07) is 15.1. The van der Waals surface area contributed by atoms with Gasteiger partial charge in [0, 0.05) is 31.7 Å². The van der Waals surface area contributed by atoms with Crippen LogP contribution in [0.2, 0.25) is 0 Å². The fraction of sp³-hybridized carbons (Fsp3) is 0.364. The van der Waals surface area contributed by atoms with Gasteiger partial charge in [-0.25, -0.2) is 0 Å². The number of carbonyl (C=O) groups excluding carboxylic acids is 2. The van der Waals surface area contributed by atoms with Crippen molar-refractivity contribution in [3.8, 4) is 5.75 Å². The minimum Gasteiger partial charge on any atom is -0.482 e. The highest BCUT2D eigenvalue weighted by atomic mass is 16.5. The lowest BCUT2D eigenvalue weighted by molar-refractivity contribution is -0.121. The molecule has 0 radical (unpaired) electrons. The van der Waals surface area contributed by atoms with Crippen LogP contribution in [-0.4, -0.2) is 60.9 Å². The predicted octanol–water partition coefficient (Wildman–Crippen LogP) is 2.39. The minimum atomic E-state index is -0.0777. The number of likely N-dealkylation sites (N-methyl/N-ethyl adjacent to an activating group) is 1. The first-order valence-electron chi connectivity index (χ1n) is 9.78. The molecule has 6 heteroatoms. The van der Waals surface area contributed by atoms with Crippen molar-refractivity contribution in [2.45, 2.75) is 13.5 Å². The summed E-state index contributed by atoms with van der Waals surface area (Å²) >= 11 is 0. The number of hydrogen-bond donors (Lipinski definition) is 0. The molecule has 0 unspecified atom stereocenters. The van der Waals surface area contributed by atoms with Crippen LogP contribution in [0.15, 0.2) is 48.5 Å². The summed E-state index contributed by atoms with van der Waals surface area (Å²) in [6.45, 7) is 6.97. The molecule has 2 aromatic rings. The van der Waals surface area contributed by atoms with E-state index in [9.17, 15) is 9.59 Å². The first-order valence-corrected chi connectivity index (χ1v) is 9.78. The van der Waals surface area contributed by atoms with Crippen molar-refractivity contribution in [3.63, 3.8) is 0 Å². The summed E-state index contributed by atoms with van der Waals surface area (Å²) in [7, 11) is 0. The van der Waals surface area contributed by atoms with E-state index in [2.05, 4.69) is 11.8 Å². The smallest absolute Gasteiger partial charge is 0.265 e. The Balaban J connectivity index is 1.50. The summed E-state index contributed by atoms with van der Waals surface area (Å²) in [5.41, 5.74) is 2.38. The molecule has 2 aromatic carbocycles. The Morgan fingerprint density at radius 3 is 2.61 bits per heavy atom. The second-order valence-corrected chi connectivity index (χ2v) is 7.16. The quantitative estimate of drug-likeness (QED) is 0.819. The van der Waals surface area contributed by atoms with Crippen LogP contribution >= 0.6 is 0 Å². The van der Waals surface area contributed by atoms with E-state index in [1.54, 1.807) is 4.90 Å². The summed E-state index contributed by atoms with van der Waals surface area (Å²) in [6.07, 6.45) is 0. The Kier molecular flexibility index (Phi) is 5.30. The van der Waals surface area contributed by atoms with Gasteiger partial charge in [0.25, 0.3) is 11.8 Å². The molecule has 1 fully saturated rings. The molecule has 0 atom stereocenters. The number of piperazine rings is 1. The minimum absolute atomic E-state index is 0.0390. The molecular formula is C22H25N3O3. The number of anilines is 1. The maximum atomic E-state index is 12.9. The molecule has 2 heterocycles. The third-order valence-electron chi connectivity index (χ3n) is 5.43. The van der Waals surface area contributed by atoms with E-state index < -0.39 is 0 Å². The van der Waals surface area contributed by atoms with Crippen LogP contribution in [0.3, 0.4) is 0 Å². The first-order chi connectivity index (χ1) is 13.7. The molecule has 2 aliphatic rings. The van der Waals surface area contributed by atoms with E-state index in [0.29, 0.717) is 17.9 Å². The summed E-state index contributed by atoms with van der Waals surface area (Å²) in [5.74, 6) is 0.695.